The number of para-hydroxylation sites is 1. The lowest BCUT2D eigenvalue weighted by molar-refractivity contribution is -0.141. The van der Waals surface area contributed by atoms with Crippen LogP contribution in [0.5, 0.6) is 5.75 Å². The van der Waals surface area contributed by atoms with Crippen LogP contribution in [0.1, 0.15) is 18.4 Å². The van der Waals surface area contributed by atoms with Crippen molar-refractivity contribution >= 4 is 23.4 Å². The Morgan fingerprint density at radius 2 is 1.84 bits per heavy atom. The number of carbonyl (C=O) groups is 3. The van der Waals surface area contributed by atoms with Crippen LogP contribution in [0, 0.1) is 18.3 Å². The van der Waals surface area contributed by atoms with Gasteiger partial charge in [0.05, 0.1) is 6.54 Å². The van der Waals surface area contributed by atoms with Gasteiger partial charge in [-0.05, 0) is 43.2 Å². The Kier molecular flexibility index (Phi) is 7.87. The van der Waals surface area contributed by atoms with Crippen molar-refractivity contribution in [3.63, 3.8) is 0 Å². The van der Waals surface area contributed by atoms with Crippen molar-refractivity contribution in [1.82, 2.24) is 9.80 Å². The summed E-state index contributed by atoms with van der Waals surface area (Å²) < 4.78 is 5.52. The molecule has 0 saturated carbocycles. The number of likely N-dealkylation sites (tertiary alicyclic amines) is 1. The number of hydrogen-bond acceptors (Lipinski definition) is 4. The second-order valence-electron chi connectivity index (χ2n) is 7.72. The first-order valence-electron chi connectivity index (χ1n) is 10.5. The van der Waals surface area contributed by atoms with Gasteiger partial charge in [0.1, 0.15) is 5.75 Å². The zero-order chi connectivity index (χ0) is 22.9. The fourth-order valence-corrected chi connectivity index (χ4v) is 3.62. The highest BCUT2D eigenvalue weighted by atomic mass is 16.5. The molecule has 1 fully saturated rings. The number of ether oxygens (including phenoxy) is 1. The van der Waals surface area contributed by atoms with Crippen molar-refractivity contribution in [2.24, 2.45) is 5.92 Å². The standard InChI is InChI=1S/C25H27N3O4/c1-3-19-8-7-9-21(16-19)26-23(29)17-27(2)25(31)20-12-14-28(15-13-20)24(30)18-32-22-10-5-4-6-11-22/h1,4-11,16,20H,12-15,17-18H2,2H3,(H,26,29). The lowest BCUT2D eigenvalue weighted by Crippen LogP contribution is -2.46. The van der Waals surface area contributed by atoms with Gasteiger partial charge in [0.25, 0.3) is 5.91 Å². The fraction of sp³-hybridized carbons (Fsp3) is 0.320. The van der Waals surface area contributed by atoms with E-state index in [9.17, 15) is 14.4 Å². The predicted molar refractivity (Wildman–Crippen MR) is 122 cm³/mol. The Bertz CT molecular complexity index is 992. The molecule has 1 N–H and O–H groups in total. The topological polar surface area (TPSA) is 79.0 Å². The first-order valence-corrected chi connectivity index (χ1v) is 10.5. The summed E-state index contributed by atoms with van der Waals surface area (Å²) in [6.45, 7) is 0.908. The molecule has 0 atom stereocenters. The number of hydrogen-bond donors (Lipinski definition) is 1. The van der Waals surface area contributed by atoms with Crippen LogP contribution in [0.2, 0.25) is 0 Å². The molecule has 3 rings (SSSR count). The van der Waals surface area contributed by atoms with E-state index >= 15 is 0 Å². The van der Waals surface area contributed by atoms with Gasteiger partial charge in [-0.2, -0.15) is 0 Å². The van der Waals surface area contributed by atoms with Gasteiger partial charge in [-0.3, -0.25) is 14.4 Å². The molecule has 32 heavy (non-hydrogen) atoms. The van der Waals surface area contributed by atoms with Crippen LogP contribution in [-0.4, -0.2) is 60.8 Å². The largest absolute Gasteiger partial charge is 0.484 e. The predicted octanol–water partition coefficient (Wildman–Crippen LogP) is 2.38. The maximum absolute atomic E-state index is 12.8. The summed E-state index contributed by atoms with van der Waals surface area (Å²) in [7, 11) is 1.62. The molecule has 1 heterocycles. The first kappa shape index (κ1) is 22.9. The van der Waals surface area contributed by atoms with Crippen molar-refractivity contribution in [2.75, 3.05) is 38.6 Å². The van der Waals surface area contributed by atoms with Gasteiger partial charge in [0.2, 0.25) is 11.8 Å². The van der Waals surface area contributed by atoms with Crippen molar-refractivity contribution < 1.29 is 19.1 Å². The van der Waals surface area contributed by atoms with Crippen LogP contribution in [0.25, 0.3) is 0 Å². The van der Waals surface area contributed by atoms with Gasteiger partial charge in [-0.15, -0.1) is 6.42 Å². The molecule has 2 aromatic carbocycles. The van der Waals surface area contributed by atoms with E-state index in [2.05, 4.69) is 11.2 Å². The maximum atomic E-state index is 12.8. The second kappa shape index (κ2) is 11.0. The van der Waals surface area contributed by atoms with Crippen molar-refractivity contribution in [3.05, 3.63) is 60.2 Å². The molecule has 0 spiro atoms. The number of likely N-dealkylation sites (N-methyl/N-ethyl adjacent to an activating group) is 1. The number of nitrogens with one attached hydrogen (secondary N) is 1. The van der Waals surface area contributed by atoms with E-state index in [0.717, 1.165) is 0 Å². The van der Waals surface area contributed by atoms with Crippen molar-refractivity contribution in [2.45, 2.75) is 12.8 Å². The maximum Gasteiger partial charge on any atom is 0.260 e. The van der Waals surface area contributed by atoms with Gasteiger partial charge < -0.3 is 19.9 Å². The highest BCUT2D eigenvalue weighted by Gasteiger charge is 2.29. The summed E-state index contributed by atoms with van der Waals surface area (Å²) in [5.74, 6) is 2.48. The average molecular weight is 434 g/mol. The number of amides is 3. The first-order chi connectivity index (χ1) is 15.5. The van der Waals surface area contributed by atoms with Gasteiger partial charge in [0, 0.05) is 37.3 Å². The summed E-state index contributed by atoms with van der Waals surface area (Å²) >= 11 is 0. The molecule has 7 heteroatoms. The highest BCUT2D eigenvalue weighted by molar-refractivity contribution is 5.95. The smallest absolute Gasteiger partial charge is 0.260 e. The summed E-state index contributed by atoms with van der Waals surface area (Å²) in [6.07, 6.45) is 6.50. The number of piperidine rings is 1. The summed E-state index contributed by atoms with van der Waals surface area (Å²) in [6, 6.07) is 16.2. The normalized spacial score (nSPS) is 13.7. The zero-order valence-electron chi connectivity index (χ0n) is 18.1. The van der Waals surface area contributed by atoms with Crippen LogP contribution in [-0.2, 0) is 14.4 Å². The Balaban J connectivity index is 1.42. The van der Waals surface area contributed by atoms with E-state index in [4.69, 9.17) is 11.2 Å². The van der Waals surface area contributed by atoms with Crippen LogP contribution >= 0.6 is 0 Å². The Morgan fingerprint density at radius 3 is 2.53 bits per heavy atom. The quantitative estimate of drug-likeness (QED) is 0.680. The minimum atomic E-state index is -0.291. The van der Waals surface area contributed by atoms with E-state index in [1.807, 2.05) is 18.2 Å². The number of nitrogens with zero attached hydrogens (tertiary/aromatic N) is 2. The van der Waals surface area contributed by atoms with Gasteiger partial charge >= 0.3 is 0 Å². The molecule has 0 unspecified atom stereocenters. The third kappa shape index (κ3) is 6.35. The van der Waals surface area contributed by atoms with Crippen LogP contribution in [0.4, 0.5) is 5.69 Å². The number of carbonyl (C=O) groups excluding carboxylic acids is 3. The highest BCUT2D eigenvalue weighted by Crippen LogP contribution is 2.20. The lowest BCUT2D eigenvalue weighted by Gasteiger charge is -2.33. The summed E-state index contributed by atoms with van der Waals surface area (Å²) in [4.78, 5) is 40.6. The molecule has 1 saturated heterocycles. The minimum absolute atomic E-state index is 0.0242. The molecule has 1 aliphatic heterocycles. The lowest BCUT2D eigenvalue weighted by atomic mass is 9.95. The third-order valence-electron chi connectivity index (χ3n) is 5.37. The molecular weight excluding hydrogens is 406 g/mol. The number of anilines is 1. The summed E-state index contributed by atoms with van der Waals surface area (Å²) in [5.41, 5.74) is 1.26. The zero-order valence-corrected chi connectivity index (χ0v) is 18.1. The van der Waals surface area contributed by atoms with Gasteiger partial charge in [-0.1, -0.05) is 30.2 Å². The van der Waals surface area contributed by atoms with E-state index < -0.39 is 0 Å². The summed E-state index contributed by atoms with van der Waals surface area (Å²) in [5, 5.41) is 2.76. The minimum Gasteiger partial charge on any atom is -0.484 e. The molecule has 0 bridgehead atoms. The fourth-order valence-electron chi connectivity index (χ4n) is 3.62. The molecule has 0 aliphatic carbocycles. The number of rotatable bonds is 7. The van der Waals surface area contributed by atoms with Crippen molar-refractivity contribution in [1.29, 1.82) is 0 Å². The van der Waals surface area contributed by atoms with Gasteiger partial charge in [0.15, 0.2) is 6.61 Å². The second-order valence-corrected chi connectivity index (χ2v) is 7.72. The third-order valence-corrected chi connectivity index (χ3v) is 5.37. The Hall–Kier alpha value is -3.79. The van der Waals surface area contributed by atoms with E-state index in [1.165, 1.54) is 4.90 Å². The number of benzene rings is 2. The monoisotopic (exact) mass is 433 g/mol. The SMILES string of the molecule is C#Cc1cccc(NC(=O)CN(C)C(=O)C2CCN(C(=O)COc3ccccc3)CC2)c1. The van der Waals surface area contributed by atoms with E-state index in [-0.39, 0.29) is 36.8 Å². The van der Waals surface area contributed by atoms with Crippen LogP contribution in [0.3, 0.4) is 0 Å². The van der Waals surface area contributed by atoms with Crippen LogP contribution < -0.4 is 10.1 Å². The van der Waals surface area contributed by atoms with E-state index in [0.29, 0.717) is 42.9 Å². The molecule has 2 aromatic rings. The average Bonchev–Trinajstić information content (AvgIpc) is 2.82. The molecule has 0 aromatic heterocycles. The van der Waals surface area contributed by atoms with Crippen molar-refractivity contribution in [3.8, 4) is 18.1 Å². The molecule has 3 amide bonds. The Labute approximate surface area is 188 Å². The Morgan fingerprint density at radius 1 is 1.12 bits per heavy atom. The molecule has 166 valence electrons. The van der Waals surface area contributed by atoms with Gasteiger partial charge in [-0.25, -0.2) is 0 Å². The van der Waals surface area contributed by atoms with Crippen LogP contribution in [0.15, 0.2) is 54.6 Å². The molecule has 1 aliphatic rings. The molecular formula is C25H27N3O4. The molecule has 7 nitrogen and oxygen atoms in total. The molecule has 0 radical (unpaired) electrons. The number of terminal acetylenes is 1. The van der Waals surface area contributed by atoms with E-state index in [1.54, 1.807) is 48.3 Å².